The number of methoxy groups -OCH3 is 1. The molecule has 0 bridgehead atoms. The summed E-state index contributed by atoms with van der Waals surface area (Å²) in [6.07, 6.45) is 4.84. The minimum absolute atomic E-state index is 0.145. The molecule has 0 saturated heterocycles. The molecule has 106 valence electrons. The van der Waals surface area contributed by atoms with Crippen LogP contribution >= 0.6 is 11.3 Å². The molecule has 1 aliphatic rings. The summed E-state index contributed by atoms with van der Waals surface area (Å²) in [5, 5.41) is 3.77. The molecule has 3 rings (SSSR count). The number of pyridine rings is 1. The van der Waals surface area contributed by atoms with Gasteiger partial charge in [-0.3, -0.25) is 4.79 Å². The van der Waals surface area contributed by atoms with Gasteiger partial charge in [0.1, 0.15) is 9.71 Å². The number of amides is 1. The number of rotatable bonds is 4. The van der Waals surface area contributed by atoms with Crippen LogP contribution in [0.2, 0.25) is 0 Å². The average Bonchev–Trinajstić information content (AvgIpc) is 2.76. The first-order chi connectivity index (χ1) is 9.65. The summed E-state index contributed by atoms with van der Waals surface area (Å²) in [6.45, 7) is 0.531. The minimum atomic E-state index is -0.181. The predicted octanol–water partition coefficient (Wildman–Crippen LogP) is 2.18. The number of nitrogens with zero attached hydrogens (tertiary/aromatic N) is 1. The molecule has 6 heteroatoms. The highest BCUT2D eigenvalue weighted by Crippen LogP contribution is 2.35. The van der Waals surface area contributed by atoms with Crippen LogP contribution in [0.5, 0.6) is 0 Å². The lowest BCUT2D eigenvalue weighted by Crippen LogP contribution is -2.49. The third-order valence-electron chi connectivity index (χ3n) is 3.98. The fourth-order valence-electron chi connectivity index (χ4n) is 2.47. The number of thiophene rings is 1. The zero-order valence-corrected chi connectivity index (χ0v) is 12.1. The number of carbonyl (C=O) groups excluding carboxylic acids is 1. The molecule has 0 atom stereocenters. The summed E-state index contributed by atoms with van der Waals surface area (Å²) >= 11 is 1.33. The fourth-order valence-corrected chi connectivity index (χ4v) is 3.45. The first-order valence-electron chi connectivity index (χ1n) is 6.61. The van der Waals surface area contributed by atoms with Gasteiger partial charge < -0.3 is 15.8 Å². The maximum Gasteiger partial charge on any atom is 0.263 e. The van der Waals surface area contributed by atoms with E-state index in [-0.39, 0.29) is 11.5 Å². The number of hydrogen-bond acceptors (Lipinski definition) is 5. The molecule has 0 aliphatic heterocycles. The van der Waals surface area contributed by atoms with Gasteiger partial charge in [0.2, 0.25) is 0 Å². The monoisotopic (exact) mass is 291 g/mol. The molecule has 3 N–H and O–H groups in total. The summed E-state index contributed by atoms with van der Waals surface area (Å²) < 4.78 is 5.49. The van der Waals surface area contributed by atoms with Crippen LogP contribution in [0.4, 0.5) is 5.69 Å². The van der Waals surface area contributed by atoms with Gasteiger partial charge in [0.25, 0.3) is 5.91 Å². The third kappa shape index (κ3) is 2.14. The zero-order valence-electron chi connectivity index (χ0n) is 11.3. The molecule has 2 heterocycles. The number of fused-ring (bicyclic) bond motifs is 1. The van der Waals surface area contributed by atoms with Gasteiger partial charge in [0.05, 0.1) is 11.3 Å². The molecular formula is C14H17N3O2S. The average molecular weight is 291 g/mol. The Bertz CT molecular complexity index is 643. The number of ether oxygens (including phenoxy) is 1. The van der Waals surface area contributed by atoms with Crippen molar-refractivity contribution in [3.05, 3.63) is 23.2 Å². The third-order valence-corrected chi connectivity index (χ3v) is 5.11. The second kappa shape index (κ2) is 5.03. The van der Waals surface area contributed by atoms with E-state index in [0.29, 0.717) is 17.1 Å². The molecule has 1 fully saturated rings. The molecule has 0 aromatic carbocycles. The van der Waals surface area contributed by atoms with E-state index in [1.165, 1.54) is 11.3 Å². The Morgan fingerprint density at radius 2 is 2.40 bits per heavy atom. The van der Waals surface area contributed by atoms with Gasteiger partial charge in [-0.2, -0.15) is 0 Å². The molecule has 1 aliphatic carbocycles. The van der Waals surface area contributed by atoms with E-state index in [4.69, 9.17) is 10.5 Å². The SMILES string of the molecule is COC1(CNC(=O)c2sc3ncccc3c2N)CCC1. The van der Waals surface area contributed by atoms with Gasteiger partial charge in [-0.05, 0) is 31.4 Å². The van der Waals surface area contributed by atoms with Crippen LogP contribution in [-0.4, -0.2) is 30.1 Å². The normalized spacial score (nSPS) is 16.9. The summed E-state index contributed by atoms with van der Waals surface area (Å²) in [4.78, 5) is 17.8. The smallest absolute Gasteiger partial charge is 0.263 e. The van der Waals surface area contributed by atoms with Crippen molar-refractivity contribution in [3.8, 4) is 0 Å². The van der Waals surface area contributed by atoms with Gasteiger partial charge in [0.15, 0.2) is 0 Å². The summed E-state index contributed by atoms with van der Waals surface area (Å²) in [6, 6.07) is 3.70. The van der Waals surface area contributed by atoms with Crippen LogP contribution in [0, 0.1) is 0 Å². The number of nitrogens with one attached hydrogen (secondary N) is 1. The Morgan fingerprint density at radius 1 is 1.60 bits per heavy atom. The number of carbonyl (C=O) groups is 1. The summed E-state index contributed by atoms with van der Waals surface area (Å²) in [5.41, 5.74) is 6.37. The van der Waals surface area contributed by atoms with Crippen molar-refractivity contribution in [2.75, 3.05) is 19.4 Å². The van der Waals surface area contributed by atoms with E-state index in [0.717, 1.165) is 29.5 Å². The number of nitrogens with two attached hydrogens (primary N) is 1. The van der Waals surface area contributed by atoms with Crippen molar-refractivity contribution in [1.29, 1.82) is 0 Å². The molecule has 20 heavy (non-hydrogen) atoms. The van der Waals surface area contributed by atoms with E-state index in [2.05, 4.69) is 10.3 Å². The summed E-state index contributed by atoms with van der Waals surface area (Å²) in [5.74, 6) is -0.145. The first-order valence-corrected chi connectivity index (χ1v) is 7.43. The second-order valence-electron chi connectivity index (χ2n) is 5.12. The van der Waals surface area contributed by atoms with E-state index < -0.39 is 0 Å². The van der Waals surface area contributed by atoms with Crippen molar-refractivity contribution in [2.24, 2.45) is 0 Å². The standard InChI is InChI=1S/C14H17N3O2S/c1-19-14(5-3-6-14)8-17-12(18)11-10(15)9-4-2-7-16-13(9)20-11/h2,4,7H,3,5-6,8,15H2,1H3,(H,17,18). The highest BCUT2D eigenvalue weighted by Gasteiger charge is 2.37. The van der Waals surface area contributed by atoms with Crippen LogP contribution in [0.1, 0.15) is 28.9 Å². The Hall–Kier alpha value is -1.66. The maximum atomic E-state index is 12.3. The van der Waals surface area contributed by atoms with Crippen LogP contribution < -0.4 is 11.1 Å². The lowest BCUT2D eigenvalue weighted by Gasteiger charge is -2.40. The maximum absolute atomic E-state index is 12.3. The van der Waals surface area contributed by atoms with Crippen LogP contribution in [0.15, 0.2) is 18.3 Å². The van der Waals surface area contributed by atoms with E-state index in [1.54, 1.807) is 13.3 Å². The fraction of sp³-hybridized carbons (Fsp3) is 0.429. The van der Waals surface area contributed by atoms with Gasteiger partial charge in [-0.1, -0.05) is 0 Å². The minimum Gasteiger partial charge on any atom is -0.397 e. The number of nitrogen functional groups attached to an aromatic ring is 1. The molecule has 2 aromatic rings. The van der Waals surface area contributed by atoms with Gasteiger partial charge >= 0.3 is 0 Å². The highest BCUT2D eigenvalue weighted by molar-refractivity contribution is 7.21. The summed E-state index contributed by atoms with van der Waals surface area (Å²) in [7, 11) is 1.70. The van der Waals surface area contributed by atoms with Gasteiger partial charge in [-0.25, -0.2) is 4.98 Å². The molecule has 0 radical (unpaired) electrons. The van der Waals surface area contributed by atoms with Crippen LogP contribution in [-0.2, 0) is 4.74 Å². The highest BCUT2D eigenvalue weighted by atomic mass is 32.1. The molecule has 2 aromatic heterocycles. The molecule has 1 amide bonds. The topological polar surface area (TPSA) is 77.2 Å². The number of aromatic nitrogens is 1. The second-order valence-corrected chi connectivity index (χ2v) is 6.12. The number of hydrogen-bond donors (Lipinski definition) is 2. The Morgan fingerprint density at radius 3 is 3.00 bits per heavy atom. The van der Waals surface area contributed by atoms with E-state index in [9.17, 15) is 4.79 Å². The van der Waals surface area contributed by atoms with Crippen molar-refractivity contribution in [2.45, 2.75) is 24.9 Å². The Labute approximate surface area is 121 Å². The van der Waals surface area contributed by atoms with Crippen molar-refractivity contribution >= 4 is 33.1 Å². The van der Waals surface area contributed by atoms with Crippen molar-refractivity contribution in [1.82, 2.24) is 10.3 Å². The first kappa shape index (κ1) is 13.3. The van der Waals surface area contributed by atoms with Gasteiger partial charge in [0, 0.05) is 25.2 Å². The Kier molecular flexibility index (Phi) is 3.35. The molecule has 0 unspecified atom stereocenters. The van der Waals surface area contributed by atoms with Crippen molar-refractivity contribution in [3.63, 3.8) is 0 Å². The zero-order chi connectivity index (χ0) is 14.2. The molecule has 5 nitrogen and oxygen atoms in total. The van der Waals surface area contributed by atoms with Crippen LogP contribution in [0.3, 0.4) is 0 Å². The lowest BCUT2D eigenvalue weighted by atomic mass is 9.80. The quantitative estimate of drug-likeness (QED) is 0.905. The number of anilines is 1. The van der Waals surface area contributed by atoms with Crippen LogP contribution in [0.25, 0.3) is 10.2 Å². The molecule has 1 saturated carbocycles. The van der Waals surface area contributed by atoms with E-state index >= 15 is 0 Å². The molecular weight excluding hydrogens is 274 g/mol. The Balaban J connectivity index is 1.77. The van der Waals surface area contributed by atoms with Gasteiger partial charge in [-0.15, -0.1) is 11.3 Å². The molecule has 0 spiro atoms. The van der Waals surface area contributed by atoms with Crippen molar-refractivity contribution < 1.29 is 9.53 Å². The lowest BCUT2D eigenvalue weighted by molar-refractivity contribution is -0.0679. The van der Waals surface area contributed by atoms with E-state index in [1.807, 2.05) is 12.1 Å². The predicted molar refractivity (Wildman–Crippen MR) is 80.0 cm³/mol. The largest absolute Gasteiger partial charge is 0.397 e.